The zero-order chi connectivity index (χ0) is 27.1. The Kier molecular flexibility index (Phi) is 7.83. The maximum atomic E-state index is 13.5. The van der Waals surface area contributed by atoms with Crippen molar-refractivity contribution in [3.8, 4) is 0 Å². The molecule has 2 N–H and O–H groups in total. The molecule has 0 bridgehead atoms. The van der Waals surface area contributed by atoms with E-state index in [4.69, 9.17) is 4.42 Å². The lowest BCUT2D eigenvalue weighted by Gasteiger charge is -2.24. The first-order chi connectivity index (χ1) is 18.3. The van der Waals surface area contributed by atoms with Crippen molar-refractivity contribution in [2.75, 3.05) is 16.2 Å². The molecule has 0 fully saturated rings. The van der Waals surface area contributed by atoms with Crippen molar-refractivity contribution in [1.82, 2.24) is 5.32 Å². The van der Waals surface area contributed by atoms with E-state index in [2.05, 4.69) is 10.6 Å². The summed E-state index contributed by atoms with van der Waals surface area (Å²) in [5, 5.41) is 16.6. The molecule has 0 saturated carbocycles. The molecule has 0 spiro atoms. The third-order valence-electron chi connectivity index (χ3n) is 5.40. The smallest absolute Gasteiger partial charge is 0.271 e. The second kappa shape index (κ2) is 11.4. The SMILES string of the molecule is O=C(CN(c1cccc([N+](=O)[O-])c1)S(=O)(=O)c1ccccc1)Nc1ccccc1C(=O)NCc1ccco1. The maximum Gasteiger partial charge on any atom is 0.271 e. The minimum atomic E-state index is -4.28. The van der Waals surface area contributed by atoms with Crippen LogP contribution in [0, 0.1) is 10.1 Å². The molecule has 2 amide bonds. The number of sulfonamides is 1. The van der Waals surface area contributed by atoms with Gasteiger partial charge >= 0.3 is 0 Å². The highest BCUT2D eigenvalue weighted by Gasteiger charge is 2.28. The number of nitro benzene ring substituents is 1. The number of anilines is 2. The number of carbonyl (C=O) groups is 2. The number of furan rings is 1. The summed E-state index contributed by atoms with van der Waals surface area (Å²) in [4.78, 5) is 36.4. The molecule has 194 valence electrons. The lowest BCUT2D eigenvalue weighted by atomic mass is 10.1. The Bertz CT molecular complexity index is 1560. The lowest BCUT2D eigenvalue weighted by Crippen LogP contribution is -2.38. The minimum Gasteiger partial charge on any atom is -0.467 e. The van der Waals surface area contributed by atoms with Gasteiger partial charge in [0.05, 0.1) is 39.6 Å². The van der Waals surface area contributed by atoms with Crippen LogP contribution in [0.2, 0.25) is 0 Å². The van der Waals surface area contributed by atoms with Crippen molar-refractivity contribution in [2.24, 2.45) is 0 Å². The highest BCUT2D eigenvalue weighted by atomic mass is 32.2. The minimum absolute atomic E-state index is 0.0670. The third-order valence-corrected chi connectivity index (χ3v) is 7.18. The van der Waals surface area contributed by atoms with Gasteiger partial charge in [-0.05, 0) is 42.5 Å². The predicted octanol–water partition coefficient (Wildman–Crippen LogP) is 3.95. The van der Waals surface area contributed by atoms with Gasteiger partial charge in [-0.3, -0.25) is 24.0 Å². The van der Waals surface area contributed by atoms with Gasteiger partial charge in [-0.15, -0.1) is 0 Å². The monoisotopic (exact) mass is 534 g/mol. The number of nitrogens with zero attached hydrogens (tertiary/aromatic N) is 2. The highest BCUT2D eigenvalue weighted by molar-refractivity contribution is 7.92. The Morgan fingerprint density at radius 1 is 0.921 bits per heavy atom. The van der Waals surface area contributed by atoms with E-state index in [1.807, 2.05) is 0 Å². The van der Waals surface area contributed by atoms with Crippen LogP contribution in [-0.4, -0.2) is 31.7 Å². The van der Waals surface area contributed by atoms with E-state index in [9.17, 15) is 28.1 Å². The van der Waals surface area contributed by atoms with Gasteiger partial charge in [0.15, 0.2) is 0 Å². The van der Waals surface area contributed by atoms with Gasteiger partial charge in [0, 0.05) is 12.1 Å². The fourth-order valence-corrected chi connectivity index (χ4v) is 5.02. The van der Waals surface area contributed by atoms with Crippen LogP contribution in [0.3, 0.4) is 0 Å². The van der Waals surface area contributed by atoms with Crippen LogP contribution in [0.1, 0.15) is 16.1 Å². The van der Waals surface area contributed by atoms with E-state index in [1.165, 1.54) is 60.9 Å². The number of para-hydroxylation sites is 1. The van der Waals surface area contributed by atoms with Gasteiger partial charge in [-0.2, -0.15) is 0 Å². The van der Waals surface area contributed by atoms with E-state index in [1.54, 1.807) is 30.3 Å². The first-order valence-electron chi connectivity index (χ1n) is 11.3. The molecule has 1 heterocycles. The Morgan fingerprint density at radius 2 is 1.66 bits per heavy atom. The van der Waals surface area contributed by atoms with Crippen LogP contribution >= 0.6 is 0 Å². The summed E-state index contributed by atoms with van der Waals surface area (Å²) < 4.78 is 32.9. The lowest BCUT2D eigenvalue weighted by molar-refractivity contribution is -0.384. The Balaban J connectivity index is 1.60. The van der Waals surface area contributed by atoms with Crippen molar-refractivity contribution in [3.05, 3.63) is 119 Å². The van der Waals surface area contributed by atoms with Crippen molar-refractivity contribution in [3.63, 3.8) is 0 Å². The number of carbonyl (C=O) groups excluding carboxylic acids is 2. The molecule has 11 nitrogen and oxygen atoms in total. The standard InChI is InChI=1S/C26H22N4O7S/c31-25(28-24-14-5-4-13-23(24)26(32)27-17-21-10-7-15-37-21)18-29(19-8-6-9-20(16-19)30(33)34)38(35,36)22-11-2-1-3-12-22/h1-16H,17-18H2,(H,27,32)(H,28,31). The number of benzene rings is 3. The summed E-state index contributed by atoms with van der Waals surface area (Å²) in [6, 6.07) is 22.0. The van der Waals surface area contributed by atoms with Crippen LogP contribution in [0.5, 0.6) is 0 Å². The van der Waals surface area contributed by atoms with Crippen LogP contribution in [-0.2, 0) is 21.4 Å². The van der Waals surface area contributed by atoms with E-state index < -0.39 is 33.3 Å². The molecule has 12 heteroatoms. The number of nitro groups is 1. The quantitative estimate of drug-likeness (QED) is 0.231. The van der Waals surface area contributed by atoms with E-state index >= 15 is 0 Å². The molecule has 0 aliphatic heterocycles. The van der Waals surface area contributed by atoms with Crippen molar-refractivity contribution in [2.45, 2.75) is 11.4 Å². The molecule has 0 aliphatic rings. The topological polar surface area (TPSA) is 152 Å². The molecule has 0 atom stereocenters. The van der Waals surface area contributed by atoms with Gasteiger partial charge in [-0.1, -0.05) is 36.4 Å². The Morgan fingerprint density at radius 3 is 2.37 bits per heavy atom. The fraction of sp³-hybridized carbons (Fsp3) is 0.0769. The van der Waals surface area contributed by atoms with E-state index in [0.29, 0.717) is 5.76 Å². The summed E-state index contributed by atoms with van der Waals surface area (Å²) in [6.07, 6.45) is 1.48. The zero-order valence-corrected chi connectivity index (χ0v) is 20.6. The molecule has 0 aliphatic carbocycles. The van der Waals surface area contributed by atoms with Gasteiger partial charge in [0.2, 0.25) is 5.91 Å². The second-order valence-corrected chi connectivity index (χ2v) is 9.82. The van der Waals surface area contributed by atoms with Crippen LogP contribution in [0.25, 0.3) is 0 Å². The van der Waals surface area contributed by atoms with Crippen LogP contribution in [0.15, 0.2) is 107 Å². The zero-order valence-electron chi connectivity index (χ0n) is 19.8. The molecular weight excluding hydrogens is 512 g/mol. The number of amides is 2. The Labute approximate surface area is 217 Å². The number of non-ortho nitro benzene ring substituents is 1. The van der Waals surface area contributed by atoms with Gasteiger partial charge < -0.3 is 15.1 Å². The first-order valence-corrected chi connectivity index (χ1v) is 12.7. The normalized spacial score (nSPS) is 10.9. The average molecular weight is 535 g/mol. The van der Waals surface area contributed by atoms with Gasteiger partial charge in [0.25, 0.3) is 21.6 Å². The number of nitrogens with one attached hydrogen (secondary N) is 2. The van der Waals surface area contributed by atoms with E-state index in [-0.39, 0.29) is 34.1 Å². The molecular formula is C26H22N4O7S. The molecule has 0 saturated heterocycles. The Hall–Kier alpha value is -4.97. The molecule has 0 unspecified atom stereocenters. The van der Waals surface area contributed by atoms with Crippen molar-refractivity contribution in [1.29, 1.82) is 0 Å². The van der Waals surface area contributed by atoms with Crippen LogP contribution < -0.4 is 14.9 Å². The maximum absolute atomic E-state index is 13.5. The fourth-order valence-electron chi connectivity index (χ4n) is 3.58. The molecule has 38 heavy (non-hydrogen) atoms. The first kappa shape index (κ1) is 26.1. The summed E-state index contributed by atoms with van der Waals surface area (Å²) in [7, 11) is -4.28. The highest BCUT2D eigenvalue weighted by Crippen LogP contribution is 2.27. The van der Waals surface area contributed by atoms with E-state index in [0.717, 1.165) is 10.4 Å². The second-order valence-electron chi connectivity index (χ2n) is 7.96. The third kappa shape index (κ3) is 6.05. The molecule has 3 aromatic carbocycles. The van der Waals surface area contributed by atoms with Gasteiger partial charge in [-0.25, -0.2) is 8.42 Å². The summed E-state index contributed by atoms with van der Waals surface area (Å²) in [5.41, 5.74) is -0.0943. The summed E-state index contributed by atoms with van der Waals surface area (Å²) >= 11 is 0. The van der Waals surface area contributed by atoms with Crippen molar-refractivity contribution < 1.29 is 27.3 Å². The molecule has 1 aromatic heterocycles. The molecule has 0 radical (unpaired) electrons. The number of rotatable bonds is 10. The molecule has 4 aromatic rings. The van der Waals surface area contributed by atoms with Gasteiger partial charge in [0.1, 0.15) is 12.3 Å². The number of hydrogen-bond donors (Lipinski definition) is 2. The predicted molar refractivity (Wildman–Crippen MR) is 139 cm³/mol. The largest absolute Gasteiger partial charge is 0.467 e. The average Bonchev–Trinajstić information content (AvgIpc) is 3.45. The van der Waals surface area contributed by atoms with Crippen LogP contribution in [0.4, 0.5) is 17.1 Å². The van der Waals surface area contributed by atoms with Crippen molar-refractivity contribution >= 4 is 38.9 Å². The number of hydrogen-bond acceptors (Lipinski definition) is 7. The summed E-state index contributed by atoms with van der Waals surface area (Å²) in [5.74, 6) is -0.703. The molecule has 4 rings (SSSR count). The summed E-state index contributed by atoms with van der Waals surface area (Å²) in [6.45, 7) is -0.579.